The van der Waals surface area contributed by atoms with Crippen molar-refractivity contribution in [1.82, 2.24) is 15.2 Å². The molecule has 0 saturated carbocycles. The van der Waals surface area contributed by atoms with Crippen LogP contribution in [0.5, 0.6) is 11.5 Å². The zero-order chi connectivity index (χ0) is 20.2. The molecule has 0 radical (unpaired) electrons. The lowest BCUT2D eigenvalue weighted by Crippen LogP contribution is -2.48. The molecule has 7 heteroatoms. The van der Waals surface area contributed by atoms with Gasteiger partial charge >= 0.3 is 0 Å². The molecule has 2 atom stereocenters. The third kappa shape index (κ3) is 4.62. The largest absolute Gasteiger partial charge is 0.482 e. The fraction of sp³-hybridized carbons (Fsp3) is 0.455. The molecule has 1 saturated heterocycles. The van der Waals surface area contributed by atoms with Crippen molar-refractivity contribution in [3.8, 4) is 11.5 Å². The van der Waals surface area contributed by atoms with Gasteiger partial charge in [0.15, 0.2) is 11.5 Å². The molecular formula is C22H28N4O3. The predicted octanol–water partition coefficient (Wildman–Crippen LogP) is 2.07. The summed E-state index contributed by atoms with van der Waals surface area (Å²) in [6.07, 6.45) is 1.94. The highest BCUT2D eigenvalue weighted by atomic mass is 16.6. The first-order valence-corrected chi connectivity index (χ1v) is 10.2. The third-order valence-corrected chi connectivity index (χ3v) is 5.42. The van der Waals surface area contributed by atoms with Crippen LogP contribution in [-0.2, 0) is 11.3 Å². The molecule has 1 aromatic heterocycles. The number of hydrogen-bond acceptors (Lipinski definition) is 6. The van der Waals surface area contributed by atoms with Gasteiger partial charge in [-0.25, -0.2) is 4.98 Å². The number of anilines is 1. The summed E-state index contributed by atoms with van der Waals surface area (Å²) in [7, 11) is 2.16. The lowest BCUT2D eigenvalue weighted by Gasteiger charge is -2.31. The number of para-hydroxylation sites is 2. The van der Waals surface area contributed by atoms with Crippen molar-refractivity contribution in [2.24, 2.45) is 0 Å². The number of hydrogen-bond donors (Lipinski definition) is 1. The van der Waals surface area contributed by atoms with Crippen LogP contribution in [0.3, 0.4) is 0 Å². The zero-order valence-electron chi connectivity index (χ0n) is 17.0. The Kier molecular flexibility index (Phi) is 5.85. The van der Waals surface area contributed by atoms with Crippen LogP contribution in [-0.4, -0.2) is 61.2 Å². The maximum Gasteiger partial charge on any atom is 0.265 e. The molecule has 3 heterocycles. The van der Waals surface area contributed by atoms with Crippen LogP contribution < -0.4 is 19.7 Å². The van der Waals surface area contributed by atoms with Crippen LogP contribution in [0.25, 0.3) is 0 Å². The van der Waals surface area contributed by atoms with Crippen LogP contribution in [0.2, 0.25) is 0 Å². The van der Waals surface area contributed by atoms with Gasteiger partial charge in [0.2, 0.25) is 6.10 Å². The fourth-order valence-corrected chi connectivity index (χ4v) is 3.68. The van der Waals surface area contributed by atoms with Gasteiger partial charge in [-0.2, -0.15) is 0 Å². The van der Waals surface area contributed by atoms with Crippen LogP contribution >= 0.6 is 0 Å². The Hall–Kier alpha value is -2.80. The molecule has 4 rings (SSSR count). The van der Waals surface area contributed by atoms with E-state index in [1.807, 2.05) is 49.5 Å². The van der Waals surface area contributed by atoms with Gasteiger partial charge in [-0.05, 0) is 50.7 Å². The van der Waals surface area contributed by atoms with Crippen molar-refractivity contribution >= 4 is 11.7 Å². The Labute approximate surface area is 171 Å². The monoisotopic (exact) mass is 396 g/mol. The maximum absolute atomic E-state index is 12.6. The Balaban J connectivity index is 1.32. The Bertz CT molecular complexity index is 842. The molecule has 154 valence electrons. The number of carbonyl (C=O) groups is 1. The van der Waals surface area contributed by atoms with Gasteiger partial charge < -0.3 is 24.6 Å². The van der Waals surface area contributed by atoms with E-state index in [2.05, 4.69) is 27.1 Å². The summed E-state index contributed by atoms with van der Waals surface area (Å²) in [6.45, 7) is 6.42. The smallest absolute Gasteiger partial charge is 0.265 e. The standard InChI is InChI=1S/C22H28N4O3/c1-16-21(29-19-7-4-3-6-18(19)28-16)22(27)24-15-17-8-9-20(23-14-17)26-11-5-10-25(2)12-13-26/h3-4,6-9,14,16,21H,5,10-13,15H2,1-2H3,(H,24,27). The van der Waals surface area contributed by atoms with E-state index < -0.39 is 6.10 Å². The number of pyridine rings is 1. The summed E-state index contributed by atoms with van der Waals surface area (Å²) in [5.74, 6) is 2.07. The summed E-state index contributed by atoms with van der Waals surface area (Å²) < 4.78 is 11.7. The molecule has 7 nitrogen and oxygen atoms in total. The average Bonchev–Trinajstić information content (AvgIpc) is 2.96. The number of fused-ring (bicyclic) bond motifs is 1. The van der Waals surface area contributed by atoms with Crippen LogP contribution in [0, 0.1) is 0 Å². The Morgan fingerprint density at radius 2 is 1.90 bits per heavy atom. The minimum atomic E-state index is -0.675. The fourth-order valence-electron chi connectivity index (χ4n) is 3.68. The van der Waals surface area contributed by atoms with Crippen molar-refractivity contribution in [2.45, 2.75) is 32.1 Å². The second-order valence-corrected chi connectivity index (χ2v) is 7.69. The molecule has 1 N–H and O–H groups in total. The minimum absolute atomic E-state index is 0.188. The lowest BCUT2D eigenvalue weighted by atomic mass is 10.1. The van der Waals surface area contributed by atoms with E-state index in [0.717, 1.165) is 44.0 Å². The molecule has 0 bridgehead atoms. The molecule has 1 aromatic carbocycles. The molecule has 2 aliphatic rings. The SMILES string of the molecule is CC1Oc2ccccc2OC1C(=O)NCc1ccc(N2CCCN(C)CC2)nc1. The van der Waals surface area contributed by atoms with E-state index >= 15 is 0 Å². The molecule has 2 unspecified atom stereocenters. The molecule has 2 aliphatic heterocycles. The molecular weight excluding hydrogens is 368 g/mol. The van der Waals surface area contributed by atoms with Gasteiger partial charge in [-0.1, -0.05) is 18.2 Å². The highest BCUT2D eigenvalue weighted by molar-refractivity contribution is 5.82. The highest BCUT2D eigenvalue weighted by Crippen LogP contribution is 2.33. The molecule has 0 aliphatic carbocycles. The number of ether oxygens (including phenoxy) is 2. The van der Waals surface area contributed by atoms with Gasteiger partial charge in [0, 0.05) is 32.4 Å². The van der Waals surface area contributed by atoms with Crippen LogP contribution in [0.1, 0.15) is 18.9 Å². The normalized spacial score (nSPS) is 22.1. The number of nitrogens with one attached hydrogen (secondary N) is 1. The lowest BCUT2D eigenvalue weighted by molar-refractivity contribution is -0.133. The summed E-state index contributed by atoms with van der Waals surface area (Å²) >= 11 is 0. The van der Waals surface area contributed by atoms with E-state index in [4.69, 9.17) is 9.47 Å². The number of aromatic nitrogens is 1. The zero-order valence-corrected chi connectivity index (χ0v) is 17.0. The quantitative estimate of drug-likeness (QED) is 0.854. The van der Waals surface area contributed by atoms with Gasteiger partial charge in [0.25, 0.3) is 5.91 Å². The van der Waals surface area contributed by atoms with Crippen molar-refractivity contribution in [1.29, 1.82) is 0 Å². The highest BCUT2D eigenvalue weighted by Gasteiger charge is 2.33. The second-order valence-electron chi connectivity index (χ2n) is 7.69. The predicted molar refractivity (Wildman–Crippen MR) is 111 cm³/mol. The first kappa shape index (κ1) is 19.5. The van der Waals surface area contributed by atoms with Gasteiger partial charge in [-0.15, -0.1) is 0 Å². The van der Waals surface area contributed by atoms with Gasteiger partial charge in [0.1, 0.15) is 11.9 Å². The molecule has 29 heavy (non-hydrogen) atoms. The minimum Gasteiger partial charge on any atom is -0.482 e. The molecule has 1 amide bonds. The van der Waals surface area contributed by atoms with E-state index in [-0.39, 0.29) is 12.0 Å². The van der Waals surface area contributed by atoms with E-state index in [1.165, 1.54) is 0 Å². The van der Waals surface area contributed by atoms with E-state index in [1.54, 1.807) is 0 Å². The van der Waals surface area contributed by atoms with Gasteiger partial charge in [0.05, 0.1) is 0 Å². The number of carbonyl (C=O) groups excluding carboxylic acids is 1. The number of nitrogens with zero attached hydrogens (tertiary/aromatic N) is 3. The second kappa shape index (κ2) is 8.69. The maximum atomic E-state index is 12.6. The van der Waals surface area contributed by atoms with Crippen LogP contribution in [0.15, 0.2) is 42.6 Å². The van der Waals surface area contributed by atoms with Crippen molar-refractivity contribution in [3.63, 3.8) is 0 Å². The van der Waals surface area contributed by atoms with E-state index in [0.29, 0.717) is 18.0 Å². The van der Waals surface area contributed by atoms with E-state index in [9.17, 15) is 4.79 Å². The average molecular weight is 396 g/mol. The Morgan fingerprint density at radius 1 is 1.10 bits per heavy atom. The molecule has 2 aromatic rings. The van der Waals surface area contributed by atoms with Crippen molar-refractivity contribution < 1.29 is 14.3 Å². The molecule has 0 spiro atoms. The van der Waals surface area contributed by atoms with Crippen molar-refractivity contribution in [2.75, 3.05) is 38.1 Å². The third-order valence-electron chi connectivity index (χ3n) is 5.42. The first-order chi connectivity index (χ1) is 14.1. The summed E-state index contributed by atoms with van der Waals surface area (Å²) in [4.78, 5) is 21.9. The molecule has 1 fully saturated rings. The first-order valence-electron chi connectivity index (χ1n) is 10.2. The summed E-state index contributed by atoms with van der Waals surface area (Å²) in [5, 5.41) is 2.94. The Morgan fingerprint density at radius 3 is 2.66 bits per heavy atom. The van der Waals surface area contributed by atoms with Gasteiger partial charge in [-0.3, -0.25) is 4.79 Å². The topological polar surface area (TPSA) is 66.9 Å². The van der Waals surface area contributed by atoms with Crippen molar-refractivity contribution in [3.05, 3.63) is 48.2 Å². The summed E-state index contributed by atoms with van der Waals surface area (Å²) in [6, 6.07) is 11.5. The summed E-state index contributed by atoms with van der Waals surface area (Å²) in [5.41, 5.74) is 0.957. The number of rotatable bonds is 4. The van der Waals surface area contributed by atoms with Crippen LogP contribution in [0.4, 0.5) is 5.82 Å². The number of amides is 1. The number of likely N-dealkylation sites (N-methyl/N-ethyl adjacent to an activating group) is 1. The number of benzene rings is 1.